The SMILES string of the molecule is CCCCCC(=O)O[C@H](C)c1ccc(-c2ccccc2)cc1. The molecule has 2 rings (SSSR count). The first-order chi connectivity index (χ1) is 10.7. The summed E-state index contributed by atoms with van der Waals surface area (Å²) in [6.07, 6.45) is 3.42. The van der Waals surface area contributed by atoms with Gasteiger partial charge in [0.2, 0.25) is 0 Å². The monoisotopic (exact) mass is 296 g/mol. The van der Waals surface area contributed by atoms with Crippen LogP contribution in [0.15, 0.2) is 54.6 Å². The number of carbonyl (C=O) groups is 1. The fourth-order valence-corrected chi connectivity index (χ4v) is 2.42. The summed E-state index contributed by atoms with van der Waals surface area (Å²) in [5.74, 6) is -0.104. The number of hydrogen-bond acceptors (Lipinski definition) is 2. The molecule has 2 aromatic carbocycles. The van der Waals surface area contributed by atoms with Crippen LogP contribution in [0.5, 0.6) is 0 Å². The first kappa shape index (κ1) is 16.3. The molecule has 0 saturated heterocycles. The summed E-state index contributed by atoms with van der Waals surface area (Å²) in [5.41, 5.74) is 3.40. The third-order valence-corrected chi connectivity index (χ3v) is 3.78. The van der Waals surface area contributed by atoms with Gasteiger partial charge in [-0.05, 0) is 30.0 Å². The fourth-order valence-electron chi connectivity index (χ4n) is 2.42. The van der Waals surface area contributed by atoms with Crippen molar-refractivity contribution in [1.29, 1.82) is 0 Å². The number of unbranched alkanes of at least 4 members (excludes halogenated alkanes) is 2. The Labute approximate surface area is 133 Å². The average molecular weight is 296 g/mol. The van der Waals surface area contributed by atoms with E-state index in [1.165, 1.54) is 11.1 Å². The van der Waals surface area contributed by atoms with Gasteiger partial charge < -0.3 is 4.74 Å². The maximum Gasteiger partial charge on any atom is 0.306 e. The summed E-state index contributed by atoms with van der Waals surface area (Å²) in [4.78, 5) is 11.8. The van der Waals surface area contributed by atoms with E-state index in [0.29, 0.717) is 6.42 Å². The van der Waals surface area contributed by atoms with Gasteiger partial charge in [0.25, 0.3) is 0 Å². The number of benzene rings is 2. The van der Waals surface area contributed by atoms with Crippen molar-refractivity contribution in [2.75, 3.05) is 0 Å². The molecule has 0 bridgehead atoms. The molecule has 0 saturated carbocycles. The lowest BCUT2D eigenvalue weighted by atomic mass is 10.0. The molecule has 0 fully saturated rings. The summed E-state index contributed by atoms with van der Waals surface area (Å²) < 4.78 is 5.49. The van der Waals surface area contributed by atoms with Crippen LogP contribution in [0.4, 0.5) is 0 Å². The summed E-state index contributed by atoms with van der Waals surface area (Å²) in [5, 5.41) is 0. The van der Waals surface area contributed by atoms with Gasteiger partial charge in [0.15, 0.2) is 0 Å². The van der Waals surface area contributed by atoms with Crippen LogP contribution in [-0.2, 0) is 9.53 Å². The van der Waals surface area contributed by atoms with Crippen molar-refractivity contribution in [3.05, 3.63) is 60.2 Å². The molecule has 2 nitrogen and oxygen atoms in total. The van der Waals surface area contributed by atoms with E-state index in [-0.39, 0.29) is 12.1 Å². The zero-order valence-electron chi connectivity index (χ0n) is 13.4. The fraction of sp³-hybridized carbons (Fsp3) is 0.350. The molecule has 2 aromatic rings. The van der Waals surface area contributed by atoms with Gasteiger partial charge in [-0.1, -0.05) is 74.4 Å². The van der Waals surface area contributed by atoms with Gasteiger partial charge >= 0.3 is 5.97 Å². The van der Waals surface area contributed by atoms with Gasteiger partial charge in [0, 0.05) is 6.42 Å². The zero-order valence-corrected chi connectivity index (χ0v) is 13.4. The predicted octanol–water partition coefficient (Wildman–Crippen LogP) is 5.54. The standard InChI is InChI=1S/C20H24O2/c1-3-4-6-11-20(21)22-16(2)17-12-14-19(15-13-17)18-9-7-5-8-10-18/h5,7-10,12-16H,3-4,6,11H2,1-2H3/t16-/m1/s1. The van der Waals surface area contributed by atoms with Crippen LogP contribution in [-0.4, -0.2) is 5.97 Å². The Morgan fingerprint density at radius 2 is 1.59 bits per heavy atom. The summed E-state index contributed by atoms with van der Waals surface area (Å²) >= 11 is 0. The topological polar surface area (TPSA) is 26.3 Å². The predicted molar refractivity (Wildman–Crippen MR) is 90.5 cm³/mol. The first-order valence-electron chi connectivity index (χ1n) is 8.05. The van der Waals surface area contributed by atoms with Crippen LogP contribution in [0.1, 0.15) is 51.2 Å². The van der Waals surface area contributed by atoms with Crippen molar-refractivity contribution in [3.63, 3.8) is 0 Å². The van der Waals surface area contributed by atoms with Gasteiger partial charge in [-0.2, -0.15) is 0 Å². The molecule has 0 aliphatic heterocycles. The Hall–Kier alpha value is -2.09. The van der Waals surface area contributed by atoms with E-state index in [9.17, 15) is 4.79 Å². The highest BCUT2D eigenvalue weighted by molar-refractivity contribution is 5.69. The van der Waals surface area contributed by atoms with Crippen molar-refractivity contribution in [2.45, 2.75) is 45.6 Å². The summed E-state index contributed by atoms with van der Waals surface area (Å²) in [7, 11) is 0. The molecule has 2 heteroatoms. The second-order valence-electron chi connectivity index (χ2n) is 5.58. The Bertz CT molecular complexity index is 572. The van der Waals surface area contributed by atoms with E-state index in [1.807, 2.05) is 37.3 Å². The number of hydrogen-bond donors (Lipinski definition) is 0. The number of ether oxygens (including phenoxy) is 1. The van der Waals surface area contributed by atoms with Gasteiger partial charge in [0.1, 0.15) is 6.10 Å². The largest absolute Gasteiger partial charge is 0.458 e. The Morgan fingerprint density at radius 3 is 2.23 bits per heavy atom. The molecule has 0 aromatic heterocycles. The molecule has 0 radical (unpaired) electrons. The van der Waals surface area contributed by atoms with E-state index in [2.05, 4.69) is 31.2 Å². The van der Waals surface area contributed by atoms with Crippen molar-refractivity contribution in [3.8, 4) is 11.1 Å². The molecule has 0 amide bonds. The average Bonchev–Trinajstić information content (AvgIpc) is 2.56. The highest BCUT2D eigenvalue weighted by atomic mass is 16.5. The minimum atomic E-state index is -0.195. The first-order valence-corrected chi connectivity index (χ1v) is 8.05. The number of esters is 1. The van der Waals surface area contributed by atoms with Gasteiger partial charge in [-0.15, -0.1) is 0 Å². The molecule has 0 spiro atoms. The highest BCUT2D eigenvalue weighted by Gasteiger charge is 2.11. The molecule has 0 unspecified atom stereocenters. The molecule has 0 heterocycles. The second kappa shape index (κ2) is 8.38. The van der Waals surface area contributed by atoms with Gasteiger partial charge in [-0.25, -0.2) is 0 Å². The van der Waals surface area contributed by atoms with Crippen LogP contribution in [0.3, 0.4) is 0 Å². The van der Waals surface area contributed by atoms with E-state index < -0.39 is 0 Å². The minimum Gasteiger partial charge on any atom is -0.458 e. The summed E-state index contributed by atoms with van der Waals surface area (Å²) in [6, 6.07) is 18.5. The van der Waals surface area contributed by atoms with E-state index >= 15 is 0 Å². The van der Waals surface area contributed by atoms with Crippen molar-refractivity contribution in [2.24, 2.45) is 0 Å². The molecule has 0 aliphatic rings. The van der Waals surface area contributed by atoms with Gasteiger partial charge in [0.05, 0.1) is 0 Å². The Kier molecular flexibility index (Phi) is 6.20. The van der Waals surface area contributed by atoms with Gasteiger partial charge in [-0.3, -0.25) is 4.79 Å². The third-order valence-electron chi connectivity index (χ3n) is 3.78. The maximum atomic E-state index is 11.8. The molecule has 1 atom stereocenters. The Balaban J connectivity index is 1.94. The van der Waals surface area contributed by atoms with E-state index in [4.69, 9.17) is 4.74 Å². The number of carbonyl (C=O) groups excluding carboxylic acids is 1. The lowest BCUT2D eigenvalue weighted by Crippen LogP contribution is -2.08. The van der Waals surface area contributed by atoms with E-state index in [0.717, 1.165) is 24.8 Å². The van der Waals surface area contributed by atoms with Crippen LogP contribution in [0.2, 0.25) is 0 Å². The van der Waals surface area contributed by atoms with Crippen LogP contribution in [0.25, 0.3) is 11.1 Å². The normalized spacial score (nSPS) is 11.9. The molecular weight excluding hydrogens is 272 g/mol. The van der Waals surface area contributed by atoms with Crippen LogP contribution >= 0.6 is 0 Å². The number of rotatable bonds is 7. The zero-order chi connectivity index (χ0) is 15.8. The van der Waals surface area contributed by atoms with E-state index in [1.54, 1.807) is 0 Å². The van der Waals surface area contributed by atoms with Crippen molar-refractivity contribution < 1.29 is 9.53 Å². The summed E-state index contributed by atoms with van der Waals surface area (Å²) in [6.45, 7) is 4.05. The highest BCUT2D eigenvalue weighted by Crippen LogP contribution is 2.23. The molecule has 0 N–H and O–H groups in total. The second-order valence-corrected chi connectivity index (χ2v) is 5.58. The Morgan fingerprint density at radius 1 is 0.955 bits per heavy atom. The smallest absolute Gasteiger partial charge is 0.306 e. The molecule has 22 heavy (non-hydrogen) atoms. The molecule has 116 valence electrons. The minimum absolute atomic E-state index is 0.104. The third kappa shape index (κ3) is 4.73. The molecule has 0 aliphatic carbocycles. The quantitative estimate of drug-likeness (QED) is 0.495. The maximum absolute atomic E-state index is 11.8. The van der Waals surface area contributed by atoms with Crippen LogP contribution < -0.4 is 0 Å². The van der Waals surface area contributed by atoms with Crippen LogP contribution in [0, 0.1) is 0 Å². The lowest BCUT2D eigenvalue weighted by molar-refractivity contribution is -0.148. The molecular formula is C20H24O2. The lowest BCUT2D eigenvalue weighted by Gasteiger charge is -2.14. The van der Waals surface area contributed by atoms with Crippen molar-refractivity contribution in [1.82, 2.24) is 0 Å². The van der Waals surface area contributed by atoms with Crippen molar-refractivity contribution >= 4 is 5.97 Å².